The summed E-state index contributed by atoms with van der Waals surface area (Å²) < 4.78 is 1.50. The van der Waals surface area contributed by atoms with Crippen LogP contribution in [0.2, 0.25) is 0 Å². The van der Waals surface area contributed by atoms with Gasteiger partial charge in [-0.1, -0.05) is 13.8 Å². The molecular formula is C11H15NO3. The van der Waals surface area contributed by atoms with Crippen molar-refractivity contribution < 1.29 is 9.90 Å². The lowest BCUT2D eigenvalue weighted by Crippen LogP contribution is -2.28. The monoisotopic (exact) mass is 209 g/mol. The van der Waals surface area contributed by atoms with Gasteiger partial charge >= 0.3 is 5.97 Å². The first-order valence-corrected chi connectivity index (χ1v) is 5.06. The second-order valence-corrected chi connectivity index (χ2v) is 3.41. The van der Waals surface area contributed by atoms with E-state index in [9.17, 15) is 9.59 Å². The quantitative estimate of drug-likeness (QED) is 0.824. The molecule has 0 bridgehead atoms. The molecule has 0 unspecified atom stereocenters. The van der Waals surface area contributed by atoms with Gasteiger partial charge in [0.05, 0.1) is 0 Å². The molecule has 1 heterocycles. The fourth-order valence-corrected chi connectivity index (χ4v) is 1.64. The topological polar surface area (TPSA) is 59.3 Å². The number of aromatic carboxylic acids is 1. The molecule has 82 valence electrons. The minimum atomic E-state index is -1.17. The molecular weight excluding hydrogens is 194 g/mol. The van der Waals surface area contributed by atoms with Crippen molar-refractivity contribution in [2.24, 2.45) is 0 Å². The van der Waals surface area contributed by atoms with Gasteiger partial charge in [0.15, 0.2) is 0 Å². The van der Waals surface area contributed by atoms with E-state index in [1.165, 1.54) is 10.6 Å². The third-order valence-electron chi connectivity index (χ3n) is 2.54. The number of aromatic nitrogens is 1. The molecule has 0 amide bonds. The minimum absolute atomic E-state index is 0.0804. The van der Waals surface area contributed by atoms with Crippen LogP contribution in [-0.4, -0.2) is 15.6 Å². The number of pyridine rings is 1. The van der Waals surface area contributed by atoms with E-state index < -0.39 is 11.5 Å². The lowest BCUT2D eigenvalue weighted by molar-refractivity contribution is 0.0694. The van der Waals surface area contributed by atoms with E-state index in [1.807, 2.05) is 13.8 Å². The highest BCUT2D eigenvalue weighted by molar-refractivity contribution is 5.86. The van der Waals surface area contributed by atoms with Gasteiger partial charge in [-0.15, -0.1) is 0 Å². The Balaban J connectivity index is 3.26. The Morgan fingerprint density at radius 2 is 2.07 bits per heavy atom. The minimum Gasteiger partial charge on any atom is -0.477 e. The van der Waals surface area contributed by atoms with E-state index in [2.05, 4.69) is 0 Å². The number of rotatable bonds is 4. The molecule has 0 aliphatic rings. The van der Waals surface area contributed by atoms with Gasteiger partial charge in [-0.05, 0) is 25.0 Å². The maximum Gasteiger partial charge on any atom is 0.341 e. The average Bonchev–Trinajstić information content (AvgIpc) is 2.21. The molecule has 0 saturated carbocycles. The summed E-state index contributed by atoms with van der Waals surface area (Å²) in [6, 6.07) is 3.02. The number of nitrogens with zero attached hydrogens (tertiary/aromatic N) is 1. The fraction of sp³-hybridized carbons (Fsp3) is 0.455. The number of carbonyl (C=O) groups is 1. The van der Waals surface area contributed by atoms with E-state index in [0.29, 0.717) is 0 Å². The zero-order valence-electron chi connectivity index (χ0n) is 8.93. The van der Waals surface area contributed by atoms with Crippen molar-refractivity contribution in [3.05, 3.63) is 34.2 Å². The van der Waals surface area contributed by atoms with Gasteiger partial charge in [0.25, 0.3) is 5.56 Å². The summed E-state index contributed by atoms with van der Waals surface area (Å²) in [7, 11) is 0. The van der Waals surface area contributed by atoms with Crippen LogP contribution in [-0.2, 0) is 0 Å². The molecule has 1 aromatic heterocycles. The number of hydrogen-bond donors (Lipinski definition) is 1. The first kappa shape index (κ1) is 11.5. The third-order valence-corrected chi connectivity index (χ3v) is 2.54. The first-order valence-electron chi connectivity index (χ1n) is 5.06. The molecule has 15 heavy (non-hydrogen) atoms. The predicted octanol–water partition coefficient (Wildman–Crippen LogP) is 1.91. The lowest BCUT2D eigenvalue weighted by Gasteiger charge is -2.16. The molecule has 1 rings (SSSR count). The highest BCUT2D eigenvalue weighted by Gasteiger charge is 2.13. The van der Waals surface area contributed by atoms with Gasteiger partial charge in [0.2, 0.25) is 0 Å². The Kier molecular flexibility index (Phi) is 3.66. The summed E-state index contributed by atoms with van der Waals surface area (Å²) in [5.41, 5.74) is -0.580. The second-order valence-electron chi connectivity index (χ2n) is 3.41. The molecule has 1 aromatic rings. The summed E-state index contributed by atoms with van der Waals surface area (Å²) in [6.07, 6.45) is 3.28. The van der Waals surface area contributed by atoms with Crippen LogP contribution in [0.4, 0.5) is 0 Å². The van der Waals surface area contributed by atoms with Crippen LogP contribution in [0.5, 0.6) is 0 Å². The molecule has 0 saturated heterocycles. The molecule has 1 N–H and O–H groups in total. The fourth-order valence-electron chi connectivity index (χ4n) is 1.64. The van der Waals surface area contributed by atoms with E-state index >= 15 is 0 Å². The molecule has 0 aliphatic heterocycles. The maximum absolute atomic E-state index is 11.8. The summed E-state index contributed by atoms with van der Waals surface area (Å²) >= 11 is 0. The van der Waals surface area contributed by atoms with Crippen LogP contribution < -0.4 is 5.56 Å². The number of hydrogen-bond acceptors (Lipinski definition) is 2. The molecule has 0 aliphatic carbocycles. The number of carboxylic acid groups (broad SMARTS) is 1. The summed E-state index contributed by atoms with van der Waals surface area (Å²) in [5, 5.41) is 8.80. The van der Waals surface area contributed by atoms with Gasteiger partial charge in [-0.25, -0.2) is 4.79 Å². The van der Waals surface area contributed by atoms with Crippen molar-refractivity contribution in [3.8, 4) is 0 Å². The number of carboxylic acids is 1. The maximum atomic E-state index is 11.8. The van der Waals surface area contributed by atoms with Crippen LogP contribution >= 0.6 is 0 Å². The van der Waals surface area contributed by atoms with Crippen molar-refractivity contribution >= 4 is 5.97 Å². The van der Waals surface area contributed by atoms with Crippen molar-refractivity contribution in [3.63, 3.8) is 0 Å². The molecule has 4 nitrogen and oxygen atoms in total. The molecule has 4 heteroatoms. The van der Waals surface area contributed by atoms with Crippen LogP contribution in [0.15, 0.2) is 23.1 Å². The smallest absolute Gasteiger partial charge is 0.341 e. The highest BCUT2D eigenvalue weighted by Crippen LogP contribution is 2.12. The van der Waals surface area contributed by atoms with Crippen LogP contribution in [0.25, 0.3) is 0 Å². The highest BCUT2D eigenvalue weighted by atomic mass is 16.4. The Bertz CT molecular complexity index is 405. The largest absolute Gasteiger partial charge is 0.477 e. The Morgan fingerprint density at radius 3 is 2.53 bits per heavy atom. The van der Waals surface area contributed by atoms with Gasteiger partial charge in [-0.3, -0.25) is 4.79 Å². The SMILES string of the molecule is CCC(CC)n1cccc(C(=O)O)c1=O. The zero-order valence-corrected chi connectivity index (χ0v) is 8.93. The van der Waals surface area contributed by atoms with E-state index in [4.69, 9.17) is 5.11 Å². The second kappa shape index (κ2) is 4.77. The zero-order chi connectivity index (χ0) is 11.4. The van der Waals surface area contributed by atoms with Crippen molar-refractivity contribution in [1.29, 1.82) is 0 Å². The van der Waals surface area contributed by atoms with Crippen molar-refractivity contribution in [2.75, 3.05) is 0 Å². The third kappa shape index (κ3) is 2.26. The first-order chi connectivity index (χ1) is 7.11. The standard InChI is InChI=1S/C11H15NO3/c1-3-8(4-2)12-7-5-6-9(10(12)13)11(14)15/h5-8H,3-4H2,1-2H3,(H,14,15). The molecule has 0 atom stereocenters. The lowest BCUT2D eigenvalue weighted by atomic mass is 10.1. The summed E-state index contributed by atoms with van der Waals surface area (Å²) in [5.74, 6) is -1.17. The summed E-state index contributed by atoms with van der Waals surface area (Å²) in [4.78, 5) is 22.5. The Hall–Kier alpha value is -1.58. The van der Waals surface area contributed by atoms with Gasteiger partial charge in [-0.2, -0.15) is 0 Å². The van der Waals surface area contributed by atoms with Crippen molar-refractivity contribution in [2.45, 2.75) is 32.7 Å². The molecule has 0 aromatic carbocycles. The normalized spacial score (nSPS) is 10.6. The van der Waals surface area contributed by atoms with Crippen molar-refractivity contribution in [1.82, 2.24) is 4.57 Å². The molecule has 0 radical (unpaired) electrons. The van der Waals surface area contributed by atoms with Crippen LogP contribution in [0, 0.1) is 0 Å². The predicted molar refractivity (Wildman–Crippen MR) is 57.3 cm³/mol. The van der Waals surface area contributed by atoms with Gasteiger partial charge in [0, 0.05) is 12.2 Å². The summed E-state index contributed by atoms with van der Waals surface area (Å²) in [6.45, 7) is 3.96. The Morgan fingerprint density at radius 1 is 1.47 bits per heavy atom. The van der Waals surface area contributed by atoms with Gasteiger partial charge in [0.1, 0.15) is 5.56 Å². The van der Waals surface area contributed by atoms with E-state index in [1.54, 1.807) is 12.3 Å². The molecule has 0 spiro atoms. The Labute approximate surface area is 88.2 Å². The molecule has 0 fully saturated rings. The van der Waals surface area contributed by atoms with Crippen LogP contribution in [0.1, 0.15) is 43.1 Å². The van der Waals surface area contributed by atoms with Gasteiger partial charge < -0.3 is 9.67 Å². The van der Waals surface area contributed by atoms with Crippen LogP contribution in [0.3, 0.4) is 0 Å². The van der Waals surface area contributed by atoms with E-state index in [0.717, 1.165) is 12.8 Å². The van der Waals surface area contributed by atoms with E-state index in [-0.39, 0.29) is 11.6 Å². The average molecular weight is 209 g/mol.